The van der Waals surface area contributed by atoms with Crippen molar-refractivity contribution in [1.82, 2.24) is 15.6 Å². The summed E-state index contributed by atoms with van der Waals surface area (Å²) >= 11 is 0. The van der Waals surface area contributed by atoms with E-state index in [1.165, 1.54) is 18.3 Å². The van der Waals surface area contributed by atoms with E-state index in [4.69, 9.17) is 0 Å². The number of pyridine rings is 1. The van der Waals surface area contributed by atoms with Gasteiger partial charge < -0.3 is 20.7 Å². The average Bonchev–Trinajstić information content (AvgIpc) is 2.66. The van der Waals surface area contributed by atoms with Crippen molar-refractivity contribution >= 4 is 17.6 Å². The van der Waals surface area contributed by atoms with Crippen LogP contribution in [0.2, 0.25) is 0 Å². The highest BCUT2D eigenvalue weighted by molar-refractivity contribution is 5.95. The van der Waals surface area contributed by atoms with Crippen molar-refractivity contribution in [2.24, 2.45) is 0 Å². The minimum absolute atomic E-state index is 0.0795. The number of nitrogens with zero attached hydrogens (tertiary/aromatic N) is 1. The number of ether oxygens (including phenoxy) is 1. The van der Waals surface area contributed by atoms with Gasteiger partial charge in [-0.1, -0.05) is 23.8 Å². The molecule has 0 aliphatic carbocycles. The Labute approximate surface area is 172 Å². The molecule has 1 aromatic heterocycles. The van der Waals surface area contributed by atoms with E-state index >= 15 is 0 Å². The van der Waals surface area contributed by atoms with Crippen molar-refractivity contribution in [1.29, 1.82) is 0 Å². The molecule has 0 radical (unpaired) electrons. The molecule has 1 heterocycles. The predicted octanol–water partition coefficient (Wildman–Crippen LogP) is 3.39. The Morgan fingerprint density at radius 1 is 1.07 bits per heavy atom. The monoisotopic (exact) mass is 424 g/mol. The standard InChI is InChI=1S/C20H23F3N4O3/c1-12-6-13(2)18(14(3)7-12)27-16(28)10-26-19(29)25-9-15-4-5-17(24-8-15)30-11-20(21,22)23/h4-8H,9-11H2,1-3H3,(H,27,28)(H2,25,26,29). The number of anilines is 1. The normalized spacial score (nSPS) is 11.0. The zero-order valence-corrected chi connectivity index (χ0v) is 16.8. The van der Waals surface area contributed by atoms with Gasteiger partial charge >= 0.3 is 12.2 Å². The van der Waals surface area contributed by atoms with Crippen LogP contribution in [0.3, 0.4) is 0 Å². The first kappa shape index (κ1) is 23.0. The van der Waals surface area contributed by atoms with Crippen LogP contribution in [0.1, 0.15) is 22.3 Å². The molecule has 1 aromatic carbocycles. The van der Waals surface area contributed by atoms with Crippen molar-refractivity contribution in [3.63, 3.8) is 0 Å². The summed E-state index contributed by atoms with van der Waals surface area (Å²) < 4.78 is 40.8. The number of rotatable bonds is 7. The van der Waals surface area contributed by atoms with Crippen molar-refractivity contribution in [2.75, 3.05) is 18.5 Å². The topological polar surface area (TPSA) is 92.4 Å². The number of hydrogen-bond donors (Lipinski definition) is 3. The highest BCUT2D eigenvalue weighted by Gasteiger charge is 2.28. The van der Waals surface area contributed by atoms with Crippen LogP contribution in [0, 0.1) is 20.8 Å². The van der Waals surface area contributed by atoms with Gasteiger partial charge in [-0.2, -0.15) is 13.2 Å². The van der Waals surface area contributed by atoms with Crippen LogP contribution in [-0.4, -0.2) is 36.3 Å². The largest absolute Gasteiger partial charge is 0.468 e. The molecule has 2 aromatic rings. The van der Waals surface area contributed by atoms with Crippen molar-refractivity contribution < 1.29 is 27.5 Å². The SMILES string of the molecule is Cc1cc(C)c(NC(=O)CNC(=O)NCc2ccc(OCC(F)(F)F)nc2)c(C)c1. The van der Waals surface area contributed by atoms with Crippen molar-refractivity contribution in [3.05, 3.63) is 52.7 Å². The van der Waals surface area contributed by atoms with Gasteiger partial charge in [-0.3, -0.25) is 4.79 Å². The van der Waals surface area contributed by atoms with Crippen LogP contribution >= 0.6 is 0 Å². The van der Waals surface area contributed by atoms with Gasteiger partial charge in [0.2, 0.25) is 11.8 Å². The Morgan fingerprint density at radius 3 is 2.30 bits per heavy atom. The zero-order chi connectivity index (χ0) is 22.3. The van der Waals surface area contributed by atoms with E-state index < -0.39 is 18.8 Å². The molecule has 10 heteroatoms. The van der Waals surface area contributed by atoms with Gasteiger partial charge in [0.15, 0.2) is 6.61 Å². The van der Waals surface area contributed by atoms with E-state index in [1.807, 2.05) is 32.9 Å². The fourth-order valence-corrected chi connectivity index (χ4v) is 2.72. The number of aromatic nitrogens is 1. The molecule has 0 aliphatic heterocycles. The summed E-state index contributed by atoms with van der Waals surface area (Å²) in [7, 11) is 0. The molecule has 0 bridgehead atoms. The molecule has 0 fully saturated rings. The molecular weight excluding hydrogens is 401 g/mol. The number of amides is 3. The maximum absolute atomic E-state index is 12.1. The second-order valence-corrected chi connectivity index (χ2v) is 6.77. The van der Waals surface area contributed by atoms with Crippen LogP contribution in [0.5, 0.6) is 5.88 Å². The van der Waals surface area contributed by atoms with E-state index in [1.54, 1.807) is 0 Å². The lowest BCUT2D eigenvalue weighted by Gasteiger charge is -2.13. The van der Waals surface area contributed by atoms with E-state index in [9.17, 15) is 22.8 Å². The Morgan fingerprint density at radius 2 is 1.73 bits per heavy atom. The Bertz CT molecular complexity index is 876. The number of alkyl halides is 3. The highest BCUT2D eigenvalue weighted by Crippen LogP contribution is 2.21. The predicted molar refractivity (Wildman–Crippen MR) is 105 cm³/mol. The summed E-state index contributed by atoms with van der Waals surface area (Å²) in [4.78, 5) is 27.7. The number of benzene rings is 1. The zero-order valence-electron chi connectivity index (χ0n) is 16.8. The molecule has 162 valence electrons. The number of halogens is 3. The molecule has 0 spiro atoms. The smallest absolute Gasteiger partial charge is 0.422 e. The minimum atomic E-state index is -4.44. The highest BCUT2D eigenvalue weighted by atomic mass is 19.4. The number of aryl methyl sites for hydroxylation is 3. The van der Waals surface area contributed by atoms with Gasteiger partial charge in [-0.15, -0.1) is 0 Å². The summed E-state index contributed by atoms with van der Waals surface area (Å²) in [5.74, 6) is -0.535. The first-order chi connectivity index (χ1) is 14.0. The molecule has 2 rings (SSSR count). The quantitative estimate of drug-likeness (QED) is 0.635. The summed E-state index contributed by atoms with van der Waals surface area (Å²) in [6.07, 6.45) is -3.15. The number of urea groups is 1. The van der Waals surface area contributed by atoms with Gasteiger partial charge in [0.05, 0.1) is 6.54 Å². The Balaban J connectivity index is 1.75. The molecule has 0 unspecified atom stereocenters. The average molecular weight is 424 g/mol. The third kappa shape index (κ3) is 7.61. The Kier molecular flexibility index (Phi) is 7.62. The fraction of sp³-hybridized carbons (Fsp3) is 0.350. The number of hydrogen-bond acceptors (Lipinski definition) is 4. The molecule has 30 heavy (non-hydrogen) atoms. The number of carbonyl (C=O) groups excluding carboxylic acids is 2. The first-order valence-electron chi connectivity index (χ1n) is 9.07. The molecule has 3 amide bonds. The lowest BCUT2D eigenvalue weighted by molar-refractivity contribution is -0.154. The summed E-state index contributed by atoms with van der Waals surface area (Å²) in [5, 5.41) is 7.75. The third-order valence-electron chi connectivity index (χ3n) is 3.99. The molecule has 0 aliphatic rings. The summed E-state index contributed by atoms with van der Waals surface area (Å²) in [5.41, 5.74) is 4.22. The van der Waals surface area contributed by atoms with Crippen LogP contribution in [0.4, 0.5) is 23.7 Å². The summed E-state index contributed by atoms with van der Waals surface area (Å²) in [6, 6.07) is 6.10. The summed E-state index contributed by atoms with van der Waals surface area (Å²) in [6.45, 7) is 4.18. The van der Waals surface area contributed by atoms with Gasteiger partial charge in [0.25, 0.3) is 0 Å². The second-order valence-electron chi connectivity index (χ2n) is 6.77. The molecule has 0 saturated carbocycles. The van der Waals surface area contributed by atoms with Gasteiger partial charge in [-0.25, -0.2) is 9.78 Å². The second kappa shape index (κ2) is 9.95. The van der Waals surface area contributed by atoms with Gasteiger partial charge in [0, 0.05) is 24.5 Å². The van der Waals surface area contributed by atoms with Crippen LogP contribution in [0.15, 0.2) is 30.5 Å². The van der Waals surface area contributed by atoms with Crippen molar-refractivity contribution in [3.8, 4) is 5.88 Å². The van der Waals surface area contributed by atoms with E-state index in [-0.39, 0.29) is 24.9 Å². The minimum Gasteiger partial charge on any atom is -0.468 e. The van der Waals surface area contributed by atoms with Gasteiger partial charge in [0.1, 0.15) is 0 Å². The lowest BCUT2D eigenvalue weighted by atomic mass is 10.1. The van der Waals surface area contributed by atoms with Gasteiger partial charge in [-0.05, 0) is 37.5 Å². The number of carbonyl (C=O) groups is 2. The van der Waals surface area contributed by atoms with Crippen LogP contribution in [0.25, 0.3) is 0 Å². The maximum Gasteiger partial charge on any atom is 0.422 e. The van der Waals surface area contributed by atoms with Crippen molar-refractivity contribution in [2.45, 2.75) is 33.5 Å². The molecule has 7 nitrogen and oxygen atoms in total. The molecule has 0 saturated heterocycles. The van der Waals surface area contributed by atoms with Crippen LogP contribution in [-0.2, 0) is 11.3 Å². The van der Waals surface area contributed by atoms with E-state index in [0.29, 0.717) is 11.3 Å². The third-order valence-corrected chi connectivity index (χ3v) is 3.99. The molecule has 3 N–H and O–H groups in total. The molecule has 0 atom stereocenters. The fourth-order valence-electron chi connectivity index (χ4n) is 2.72. The maximum atomic E-state index is 12.1. The lowest BCUT2D eigenvalue weighted by Crippen LogP contribution is -2.39. The Hall–Kier alpha value is -3.30. The molecular formula is C20H23F3N4O3. The number of nitrogens with one attached hydrogen (secondary N) is 3. The first-order valence-corrected chi connectivity index (χ1v) is 9.07. The van der Waals surface area contributed by atoms with Crippen LogP contribution < -0.4 is 20.7 Å². The van der Waals surface area contributed by atoms with E-state index in [2.05, 4.69) is 25.7 Å². The van der Waals surface area contributed by atoms with E-state index in [0.717, 1.165) is 16.7 Å².